The van der Waals surface area contributed by atoms with Crippen LogP contribution in [-0.4, -0.2) is 40.2 Å². The Hall–Kier alpha value is -1.57. The number of rotatable bonds is 9. The number of fused-ring (bicyclic) bond motifs is 1. The molecule has 0 unspecified atom stereocenters. The third-order valence-corrected chi connectivity index (χ3v) is 7.07. The summed E-state index contributed by atoms with van der Waals surface area (Å²) in [7, 11) is -1.07. The molecule has 0 amide bonds. The van der Waals surface area contributed by atoms with Gasteiger partial charge in [0.2, 0.25) is 0 Å². The number of aromatic nitrogens is 4. The average Bonchev–Trinajstić information content (AvgIpc) is 3.23. The first-order valence-electron chi connectivity index (χ1n) is 9.16. The zero-order valence-electron chi connectivity index (χ0n) is 16.1. The molecule has 0 saturated heterocycles. The van der Waals surface area contributed by atoms with Crippen LogP contribution in [0.1, 0.15) is 13.3 Å². The number of pyridine rings is 1. The fraction of sp³-hybridized carbons (Fsp3) is 0.474. The quantitative estimate of drug-likeness (QED) is 0.309. The molecule has 0 atom stereocenters. The molecule has 3 aromatic heterocycles. The Balaban J connectivity index is 1.86. The molecule has 0 aliphatic rings. The normalized spacial score (nSPS) is 12.2. The molecule has 0 aliphatic carbocycles. The van der Waals surface area contributed by atoms with Crippen LogP contribution < -0.4 is 0 Å². The maximum absolute atomic E-state index is 5.96. The van der Waals surface area contributed by atoms with Gasteiger partial charge in [-0.25, -0.2) is 4.98 Å². The van der Waals surface area contributed by atoms with E-state index in [0.29, 0.717) is 6.73 Å². The van der Waals surface area contributed by atoms with E-state index in [1.807, 2.05) is 30.4 Å². The molecule has 3 rings (SSSR count). The number of aromatic amines is 1. The number of thioether (sulfide) groups is 1. The summed E-state index contributed by atoms with van der Waals surface area (Å²) in [6.45, 7) is 10.7. The molecular formula is C19H28N4OSSi. The molecule has 5 nitrogen and oxygen atoms in total. The average molecular weight is 389 g/mol. The second-order valence-electron chi connectivity index (χ2n) is 7.74. The van der Waals surface area contributed by atoms with E-state index in [4.69, 9.17) is 9.72 Å². The highest BCUT2D eigenvalue weighted by atomic mass is 32.2. The van der Waals surface area contributed by atoms with Gasteiger partial charge < -0.3 is 9.30 Å². The smallest absolute Gasteiger partial charge is 0.142 e. The van der Waals surface area contributed by atoms with Crippen molar-refractivity contribution in [3.8, 4) is 11.1 Å². The SMILES string of the molecule is CCCSc1cnc2c(c1)c(-c1cn[nH]c1)cn2COCC[Si](C)(C)C. The Labute approximate surface area is 160 Å². The lowest BCUT2D eigenvalue weighted by molar-refractivity contribution is 0.0899. The highest BCUT2D eigenvalue weighted by Gasteiger charge is 2.15. The minimum atomic E-state index is -1.07. The first-order chi connectivity index (χ1) is 12.5. The summed E-state index contributed by atoms with van der Waals surface area (Å²) < 4.78 is 8.07. The first kappa shape index (κ1) is 19.2. The van der Waals surface area contributed by atoms with Gasteiger partial charge in [0.15, 0.2) is 0 Å². The van der Waals surface area contributed by atoms with E-state index in [0.717, 1.165) is 40.9 Å². The van der Waals surface area contributed by atoms with Crippen LogP contribution in [0.15, 0.2) is 35.7 Å². The zero-order valence-corrected chi connectivity index (χ0v) is 17.9. The molecule has 0 aromatic carbocycles. The minimum absolute atomic E-state index is 0.535. The lowest BCUT2D eigenvalue weighted by Crippen LogP contribution is -2.22. The summed E-state index contributed by atoms with van der Waals surface area (Å²) in [6, 6.07) is 3.41. The fourth-order valence-corrected chi connectivity index (χ4v) is 4.24. The van der Waals surface area contributed by atoms with Crippen molar-refractivity contribution >= 4 is 30.9 Å². The molecule has 0 saturated carbocycles. The highest BCUT2D eigenvalue weighted by molar-refractivity contribution is 7.99. The van der Waals surface area contributed by atoms with Gasteiger partial charge in [-0.05, 0) is 24.3 Å². The van der Waals surface area contributed by atoms with Gasteiger partial charge in [-0.2, -0.15) is 5.10 Å². The summed E-state index contributed by atoms with van der Waals surface area (Å²) in [5, 5.41) is 8.17. The monoisotopic (exact) mass is 388 g/mol. The van der Waals surface area contributed by atoms with E-state index in [-0.39, 0.29) is 0 Å². The standard InChI is InChI=1S/C19H28N4OSSi/c1-5-7-25-16-9-17-18(15-10-21-22-11-15)13-23(19(17)20-12-16)14-24-6-8-26(2,3)4/h9-13H,5-8,14H2,1-4H3,(H,21,22). The molecule has 1 N–H and O–H groups in total. The van der Waals surface area contributed by atoms with Crippen LogP contribution >= 0.6 is 11.8 Å². The predicted octanol–water partition coefficient (Wildman–Crippen LogP) is 5.24. The zero-order chi connectivity index (χ0) is 18.6. The van der Waals surface area contributed by atoms with Crippen molar-refractivity contribution in [1.82, 2.24) is 19.7 Å². The van der Waals surface area contributed by atoms with E-state index in [1.165, 1.54) is 10.9 Å². The molecule has 0 radical (unpaired) electrons. The Morgan fingerprint density at radius 3 is 2.81 bits per heavy atom. The Morgan fingerprint density at radius 1 is 1.27 bits per heavy atom. The second kappa shape index (κ2) is 8.41. The van der Waals surface area contributed by atoms with Gasteiger partial charge in [0.1, 0.15) is 12.4 Å². The largest absolute Gasteiger partial charge is 0.361 e. The summed E-state index contributed by atoms with van der Waals surface area (Å²) >= 11 is 1.85. The van der Waals surface area contributed by atoms with Crippen LogP contribution in [0.5, 0.6) is 0 Å². The summed E-state index contributed by atoms with van der Waals surface area (Å²) in [4.78, 5) is 5.94. The van der Waals surface area contributed by atoms with Crippen molar-refractivity contribution in [2.24, 2.45) is 0 Å². The van der Waals surface area contributed by atoms with E-state index in [2.05, 4.69) is 53.6 Å². The maximum Gasteiger partial charge on any atom is 0.142 e. The Kier molecular flexibility index (Phi) is 6.21. The fourth-order valence-electron chi connectivity index (χ4n) is 2.72. The predicted molar refractivity (Wildman–Crippen MR) is 112 cm³/mol. The number of nitrogens with zero attached hydrogens (tertiary/aromatic N) is 3. The molecule has 0 bridgehead atoms. The maximum atomic E-state index is 5.96. The van der Waals surface area contributed by atoms with Crippen molar-refractivity contribution in [1.29, 1.82) is 0 Å². The molecule has 26 heavy (non-hydrogen) atoms. The summed E-state index contributed by atoms with van der Waals surface area (Å²) in [6.07, 6.45) is 9.04. The molecule has 3 heterocycles. The van der Waals surface area contributed by atoms with E-state index >= 15 is 0 Å². The van der Waals surface area contributed by atoms with Crippen molar-refractivity contribution in [3.05, 3.63) is 30.9 Å². The lowest BCUT2D eigenvalue weighted by atomic mass is 10.1. The minimum Gasteiger partial charge on any atom is -0.361 e. The third kappa shape index (κ3) is 4.78. The number of hydrogen-bond donors (Lipinski definition) is 1. The number of hydrogen-bond acceptors (Lipinski definition) is 4. The van der Waals surface area contributed by atoms with Gasteiger partial charge in [-0.1, -0.05) is 26.6 Å². The van der Waals surface area contributed by atoms with Gasteiger partial charge in [0, 0.05) is 54.7 Å². The van der Waals surface area contributed by atoms with Gasteiger partial charge in [0.05, 0.1) is 6.20 Å². The number of ether oxygens (including phenoxy) is 1. The Bertz CT molecular complexity index is 839. The van der Waals surface area contributed by atoms with E-state index < -0.39 is 8.07 Å². The van der Waals surface area contributed by atoms with E-state index in [9.17, 15) is 0 Å². The van der Waals surface area contributed by atoms with Crippen LogP contribution in [0.3, 0.4) is 0 Å². The van der Waals surface area contributed by atoms with Crippen LogP contribution in [0.4, 0.5) is 0 Å². The second-order valence-corrected chi connectivity index (χ2v) is 14.5. The van der Waals surface area contributed by atoms with Crippen LogP contribution in [0.25, 0.3) is 22.2 Å². The van der Waals surface area contributed by atoms with Crippen LogP contribution in [0, 0.1) is 0 Å². The van der Waals surface area contributed by atoms with Crippen molar-refractivity contribution in [2.75, 3.05) is 12.4 Å². The molecule has 7 heteroatoms. The summed E-state index contributed by atoms with van der Waals surface area (Å²) in [5.41, 5.74) is 3.19. The number of nitrogens with one attached hydrogen (secondary N) is 1. The van der Waals surface area contributed by atoms with Crippen molar-refractivity contribution < 1.29 is 4.74 Å². The van der Waals surface area contributed by atoms with E-state index in [1.54, 1.807) is 0 Å². The number of H-pyrrole nitrogens is 1. The molecule has 140 valence electrons. The van der Waals surface area contributed by atoms with Gasteiger partial charge in [0.25, 0.3) is 0 Å². The van der Waals surface area contributed by atoms with Crippen molar-refractivity contribution in [2.45, 2.75) is 50.7 Å². The molecule has 0 spiro atoms. The van der Waals surface area contributed by atoms with Gasteiger partial charge in [-0.3, -0.25) is 5.10 Å². The topological polar surface area (TPSA) is 55.7 Å². The summed E-state index contributed by atoms with van der Waals surface area (Å²) in [5.74, 6) is 1.11. The van der Waals surface area contributed by atoms with Crippen LogP contribution in [0.2, 0.25) is 25.7 Å². The lowest BCUT2D eigenvalue weighted by Gasteiger charge is -2.15. The molecule has 3 aromatic rings. The van der Waals surface area contributed by atoms with Gasteiger partial charge >= 0.3 is 0 Å². The molecule has 0 aliphatic heterocycles. The van der Waals surface area contributed by atoms with Crippen LogP contribution in [-0.2, 0) is 11.5 Å². The Morgan fingerprint density at radius 2 is 2.12 bits per heavy atom. The van der Waals surface area contributed by atoms with Gasteiger partial charge in [-0.15, -0.1) is 11.8 Å². The first-order valence-corrected chi connectivity index (χ1v) is 13.9. The molecular weight excluding hydrogens is 360 g/mol. The van der Waals surface area contributed by atoms with Crippen molar-refractivity contribution in [3.63, 3.8) is 0 Å². The highest BCUT2D eigenvalue weighted by Crippen LogP contribution is 2.32. The third-order valence-electron chi connectivity index (χ3n) is 4.20. The molecule has 0 fully saturated rings.